The topological polar surface area (TPSA) is 65.1 Å². The third-order valence-corrected chi connectivity index (χ3v) is 6.16. The number of methoxy groups -OCH3 is 1. The molecule has 2 aromatic carbocycles. The van der Waals surface area contributed by atoms with E-state index >= 15 is 0 Å². The molecule has 0 aromatic heterocycles. The van der Waals surface area contributed by atoms with Crippen molar-refractivity contribution in [1.29, 1.82) is 0 Å². The first-order valence-corrected chi connectivity index (χ1v) is 9.46. The fourth-order valence-electron chi connectivity index (χ4n) is 2.47. The van der Waals surface area contributed by atoms with E-state index in [1.807, 2.05) is 0 Å². The first-order valence-electron chi connectivity index (χ1n) is 7.23. The van der Waals surface area contributed by atoms with Crippen LogP contribution >= 0.6 is 15.9 Å². The molecular weight excluding hydrogens is 398 g/mol. The highest BCUT2D eigenvalue weighted by atomic mass is 79.9. The minimum absolute atomic E-state index is 0.142. The molecule has 1 aliphatic heterocycles. The number of anilines is 1. The van der Waals surface area contributed by atoms with Crippen LogP contribution in [-0.4, -0.2) is 28.9 Å². The molecule has 0 unspecified atom stereocenters. The molecule has 0 aliphatic carbocycles. The lowest BCUT2D eigenvalue weighted by Gasteiger charge is -2.23. The Morgan fingerprint density at radius 1 is 1.17 bits per heavy atom. The van der Waals surface area contributed by atoms with Crippen molar-refractivity contribution in [2.75, 3.05) is 24.8 Å². The summed E-state index contributed by atoms with van der Waals surface area (Å²) in [5, 5.41) is 0. The first-order chi connectivity index (χ1) is 11.5. The van der Waals surface area contributed by atoms with Crippen molar-refractivity contribution in [3.63, 3.8) is 0 Å². The second kappa shape index (κ2) is 6.52. The zero-order valence-electron chi connectivity index (χ0n) is 13.2. The van der Waals surface area contributed by atoms with Gasteiger partial charge in [-0.05, 0) is 53.2 Å². The summed E-state index contributed by atoms with van der Waals surface area (Å²) >= 11 is 3.32. The molecule has 24 heavy (non-hydrogen) atoms. The molecule has 0 saturated heterocycles. The molecule has 0 bridgehead atoms. The number of fused-ring (bicyclic) bond motifs is 1. The quantitative estimate of drug-likeness (QED) is 0.751. The lowest BCUT2D eigenvalue weighted by atomic mass is 10.3. The molecule has 128 valence electrons. The summed E-state index contributed by atoms with van der Waals surface area (Å²) in [6.07, 6.45) is 0. The van der Waals surface area contributed by atoms with Crippen LogP contribution in [0.15, 0.2) is 45.8 Å². The molecule has 6 nitrogen and oxygen atoms in total. The highest BCUT2D eigenvalue weighted by molar-refractivity contribution is 9.10. The van der Waals surface area contributed by atoms with Crippen molar-refractivity contribution in [2.45, 2.75) is 11.8 Å². The largest absolute Gasteiger partial charge is 0.496 e. The molecule has 2 aromatic rings. The summed E-state index contributed by atoms with van der Waals surface area (Å²) in [5.41, 5.74) is 0.522. The fourth-order valence-corrected chi connectivity index (χ4v) is 4.65. The molecule has 0 fully saturated rings. The normalized spacial score (nSPS) is 13.0. The highest BCUT2D eigenvalue weighted by Gasteiger charge is 2.26. The van der Waals surface area contributed by atoms with E-state index in [0.29, 0.717) is 27.4 Å². The average molecular weight is 414 g/mol. The number of nitrogens with zero attached hydrogens (tertiary/aromatic N) is 1. The van der Waals surface area contributed by atoms with Gasteiger partial charge in [0.25, 0.3) is 10.0 Å². The Balaban J connectivity index is 2.01. The summed E-state index contributed by atoms with van der Waals surface area (Å²) in [4.78, 5) is 0.176. The van der Waals surface area contributed by atoms with Crippen molar-refractivity contribution < 1.29 is 22.6 Å². The van der Waals surface area contributed by atoms with Crippen molar-refractivity contribution in [1.82, 2.24) is 0 Å². The minimum Gasteiger partial charge on any atom is -0.496 e. The summed E-state index contributed by atoms with van der Waals surface area (Å²) < 4.78 is 43.7. The van der Waals surface area contributed by atoms with Crippen LogP contribution in [0.2, 0.25) is 0 Å². The van der Waals surface area contributed by atoms with Crippen molar-refractivity contribution in [2.24, 2.45) is 0 Å². The van der Waals surface area contributed by atoms with Gasteiger partial charge in [-0.15, -0.1) is 0 Å². The number of hydrogen-bond acceptors (Lipinski definition) is 5. The van der Waals surface area contributed by atoms with E-state index in [2.05, 4.69) is 15.9 Å². The van der Waals surface area contributed by atoms with Gasteiger partial charge in [0.1, 0.15) is 5.75 Å². The lowest BCUT2D eigenvalue weighted by molar-refractivity contribution is 0.174. The number of hydrogen-bond donors (Lipinski definition) is 0. The summed E-state index contributed by atoms with van der Waals surface area (Å²) in [6, 6.07) is 9.75. The van der Waals surface area contributed by atoms with Gasteiger partial charge in [-0.2, -0.15) is 0 Å². The van der Waals surface area contributed by atoms with E-state index in [-0.39, 0.29) is 18.2 Å². The first kappa shape index (κ1) is 16.9. The molecular formula is C16H16BrNO5S. The molecule has 0 atom stereocenters. The Hall–Kier alpha value is -1.93. The van der Waals surface area contributed by atoms with Crippen LogP contribution in [-0.2, 0) is 10.0 Å². The van der Waals surface area contributed by atoms with Gasteiger partial charge in [-0.25, -0.2) is 8.42 Å². The number of rotatable bonds is 5. The number of sulfonamides is 1. The Morgan fingerprint density at radius 2 is 1.92 bits per heavy atom. The highest BCUT2D eigenvalue weighted by Crippen LogP contribution is 2.37. The molecule has 8 heteroatoms. The van der Waals surface area contributed by atoms with Crippen molar-refractivity contribution in [3.05, 3.63) is 40.9 Å². The molecule has 0 saturated carbocycles. The third-order valence-electron chi connectivity index (χ3n) is 3.64. The molecule has 1 aliphatic rings. The number of halogens is 1. The van der Waals surface area contributed by atoms with Gasteiger partial charge in [-0.1, -0.05) is 0 Å². The maximum atomic E-state index is 13.0. The van der Waals surface area contributed by atoms with Crippen LogP contribution < -0.4 is 18.5 Å². The Labute approximate surface area is 149 Å². The van der Waals surface area contributed by atoms with Gasteiger partial charge in [0.2, 0.25) is 6.79 Å². The van der Waals surface area contributed by atoms with E-state index in [4.69, 9.17) is 14.2 Å². The second-order valence-electron chi connectivity index (χ2n) is 5.00. The van der Waals surface area contributed by atoms with E-state index < -0.39 is 10.0 Å². The summed E-state index contributed by atoms with van der Waals surface area (Å²) in [5.74, 6) is 1.72. The van der Waals surface area contributed by atoms with E-state index in [9.17, 15) is 8.42 Å². The molecule has 1 heterocycles. The van der Waals surface area contributed by atoms with Crippen LogP contribution in [0.4, 0.5) is 5.69 Å². The van der Waals surface area contributed by atoms with Crippen LogP contribution in [0.3, 0.4) is 0 Å². The van der Waals surface area contributed by atoms with Gasteiger partial charge in [0.05, 0.1) is 22.2 Å². The maximum Gasteiger partial charge on any atom is 0.264 e. The van der Waals surface area contributed by atoms with Gasteiger partial charge in [0, 0.05) is 12.6 Å². The fraction of sp³-hybridized carbons (Fsp3) is 0.250. The Bertz CT molecular complexity index is 869. The van der Waals surface area contributed by atoms with Crippen LogP contribution in [0, 0.1) is 0 Å². The SMILES string of the molecule is CCN(c1ccc2c(c1)OCO2)S(=O)(=O)c1ccc(OC)c(Br)c1. The predicted octanol–water partition coefficient (Wildman–Crippen LogP) is 3.40. The lowest BCUT2D eigenvalue weighted by Crippen LogP contribution is -2.30. The maximum absolute atomic E-state index is 13.0. The predicted molar refractivity (Wildman–Crippen MR) is 93.5 cm³/mol. The van der Waals surface area contributed by atoms with Gasteiger partial charge >= 0.3 is 0 Å². The number of ether oxygens (including phenoxy) is 3. The van der Waals surface area contributed by atoms with E-state index in [0.717, 1.165) is 0 Å². The Morgan fingerprint density at radius 3 is 2.58 bits per heavy atom. The van der Waals surface area contributed by atoms with Crippen LogP contribution in [0.1, 0.15) is 6.92 Å². The minimum atomic E-state index is -3.72. The molecule has 3 rings (SSSR count). The van der Waals surface area contributed by atoms with Gasteiger partial charge < -0.3 is 14.2 Å². The monoisotopic (exact) mass is 413 g/mol. The molecule has 0 amide bonds. The van der Waals surface area contributed by atoms with Gasteiger partial charge in [0.15, 0.2) is 11.5 Å². The second-order valence-corrected chi connectivity index (χ2v) is 7.72. The molecule has 0 radical (unpaired) electrons. The van der Waals surface area contributed by atoms with E-state index in [1.54, 1.807) is 31.2 Å². The van der Waals surface area contributed by atoms with E-state index in [1.165, 1.54) is 23.5 Å². The van der Waals surface area contributed by atoms with Gasteiger partial charge in [-0.3, -0.25) is 4.31 Å². The smallest absolute Gasteiger partial charge is 0.264 e. The van der Waals surface area contributed by atoms with Crippen molar-refractivity contribution >= 4 is 31.6 Å². The van der Waals surface area contributed by atoms with Crippen LogP contribution in [0.25, 0.3) is 0 Å². The zero-order chi connectivity index (χ0) is 17.3. The van der Waals surface area contributed by atoms with Crippen molar-refractivity contribution in [3.8, 4) is 17.2 Å². The molecule has 0 N–H and O–H groups in total. The zero-order valence-corrected chi connectivity index (χ0v) is 15.6. The van der Waals surface area contributed by atoms with Crippen LogP contribution in [0.5, 0.6) is 17.2 Å². The average Bonchev–Trinajstić information content (AvgIpc) is 3.03. The standard InChI is InChI=1S/C16H16BrNO5S/c1-3-18(11-4-6-15-16(8-11)23-10-22-15)24(19,20)12-5-7-14(21-2)13(17)9-12/h4-9H,3,10H2,1-2H3. The third kappa shape index (κ3) is 2.91. The Kier molecular flexibility index (Phi) is 4.60. The molecule has 0 spiro atoms. The summed E-state index contributed by atoms with van der Waals surface area (Å²) in [6.45, 7) is 2.20. The number of benzene rings is 2. The summed E-state index contributed by atoms with van der Waals surface area (Å²) in [7, 11) is -2.19.